The maximum atomic E-state index is 13.7. The van der Waals surface area contributed by atoms with Crippen molar-refractivity contribution in [3.8, 4) is 0 Å². The molecule has 0 saturated heterocycles. The zero-order valence-electron chi connectivity index (χ0n) is 32.1. The molecule has 0 aliphatic rings. The monoisotopic (exact) mass is 854 g/mol. The Morgan fingerprint density at radius 1 is 0.382 bits per heavy atom. The molecule has 0 nitrogen and oxygen atoms in total. The van der Waals surface area contributed by atoms with Crippen molar-refractivity contribution < 1.29 is 38.8 Å². The summed E-state index contributed by atoms with van der Waals surface area (Å²) in [6.45, 7) is 4.45. The van der Waals surface area contributed by atoms with E-state index in [-0.39, 0.29) is 21.2 Å². The van der Waals surface area contributed by atoms with Crippen LogP contribution in [0.25, 0.3) is 0 Å². The first-order valence-corrected chi connectivity index (χ1v) is 21.9. The van der Waals surface area contributed by atoms with Crippen LogP contribution in [0.1, 0.15) is 82.3 Å². The van der Waals surface area contributed by atoms with E-state index >= 15 is 0 Å². The van der Waals surface area contributed by atoms with Gasteiger partial charge in [0, 0.05) is 0 Å². The van der Waals surface area contributed by atoms with Gasteiger partial charge in [0.1, 0.15) is 29.4 Å². The average Bonchev–Trinajstić information content (AvgIpc) is 3.20. The summed E-state index contributed by atoms with van der Waals surface area (Å²) in [5.41, 5.74) is 5.85. The SMILES string of the molecule is CCCCCCCCCCCCc1ccc([I+]c2ccc(C)cc2)cc1.Fc1ccc([B-](c2ccc(F)cc2)(c2ccc(F)cc2)c2ccc(F)cc2)cc1. The topological polar surface area (TPSA) is 0 Å². The smallest absolute Gasteiger partial charge is 0.207 e. The summed E-state index contributed by atoms with van der Waals surface area (Å²) >= 11 is -0.0271. The van der Waals surface area contributed by atoms with Gasteiger partial charge in [-0.15, -0.1) is 0 Å². The van der Waals surface area contributed by atoms with E-state index in [2.05, 4.69) is 62.4 Å². The highest BCUT2D eigenvalue weighted by molar-refractivity contribution is 7.19. The van der Waals surface area contributed by atoms with Crippen LogP contribution in [0.2, 0.25) is 0 Å². The fourth-order valence-corrected chi connectivity index (χ4v) is 9.57. The Morgan fingerprint density at radius 3 is 1.04 bits per heavy atom. The minimum atomic E-state index is -1.94. The van der Waals surface area contributed by atoms with E-state index in [0.29, 0.717) is 0 Å². The molecular weight excluding hydrogens is 802 g/mol. The molecule has 6 heteroatoms. The minimum absolute atomic E-state index is 0.0271. The van der Waals surface area contributed by atoms with Gasteiger partial charge in [0.15, 0.2) is 7.14 Å². The Kier molecular flexibility index (Phi) is 16.6. The van der Waals surface area contributed by atoms with Crippen LogP contribution in [0.4, 0.5) is 17.6 Å². The number of hydrogen-bond acceptors (Lipinski definition) is 0. The van der Waals surface area contributed by atoms with Crippen LogP contribution in [0.15, 0.2) is 146 Å². The highest BCUT2D eigenvalue weighted by atomic mass is 127. The van der Waals surface area contributed by atoms with Crippen molar-refractivity contribution in [2.75, 3.05) is 0 Å². The largest absolute Gasteiger partial charge is 0.357 e. The number of aryl methyl sites for hydroxylation is 2. The molecule has 0 unspecified atom stereocenters. The third kappa shape index (κ3) is 12.4. The summed E-state index contributed by atoms with van der Waals surface area (Å²) in [6, 6.07) is 42.5. The van der Waals surface area contributed by atoms with Crippen LogP contribution in [-0.4, -0.2) is 6.15 Å². The Balaban J connectivity index is 0.000000213. The fourth-order valence-electron chi connectivity index (χ4n) is 7.41. The summed E-state index contributed by atoms with van der Waals surface area (Å²) in [7, 11) is 0. The molecule has 0 aliphatic heterocycles. The number of halogens is 5. The molecule has 0 saturated carbocycles. The number of hydrogen-bond donors (Lipinski definition) is 0. The number of rotatable bonds is 17. The summed E-state index contributed by atoms with van der Waals surface area (Å²) < 4.78 is 57.8. The van der Waals surface area contributed by atoms with Gasteiger partial charge in [0.2, 0.25) is 0 Å². The molecule has 0 amide bonds. The average molecular weight is 855 g/mol. The Hall–Kier alpha value is -4.17. The van der Waals surface area contributed by atoms with Crippen LogP contribution in [0.3, 0.4) is 0 Å². The van der Waals surface area contributed by atoms with E-state index in [0.717, 1.165) is 21.9 Å². The quantitative estimate of drug-likeness (QED) is 0.0376. The summed E-state index contributed by atoms with van der Waals surface area (Å²) in [4.78, 5) is 0. The fraction of sp³-hybridized carbons (Fsp3) is 0.265. The molecule has 0 aliphatic carbocycles. The first kappa shape index (κ1) is 42.0. The van der Waals surface area contributed by atoms with Gasteiger partial charge in [-0.3, -0.25) is 0 Å². The third-order valence-corrected chi connectivity index (χ3v) is 13.1. The molecule has 0 aromatic heterocycles. The maximum absolute atomic E-state index is 13.7. The van der Waals surface area contributed by atoms with E-state index < -0.39 is 29.4 Å². The predicted molar refractivity (Wildman–Crippen MR) is 220 cm³/mol. The molecule has 286 valence electrons. The molecule has 6 rings (SSSR count). The van der Waals surface area contributed by atoms with Gasteiger partial charge in [0.05, 0.1) is 0 Å². The van der Waals surface area contributed by atoms with Gasteiger partial charge in [0.25, 0.3) is 0 Å². The van der Waals surface area contributed by atoms with Gasteiger partial charge in [-0.2, -0.15) is 21.9 Å². The Morgan fingerprint density at radius 2 is 0.691 bits per heavy atom. The molecule has 0 heterocycles. The van der Waals surface area contributed by atoms with Gasteiger partial charge >= 0.3 is 21.2 Å². The van der Waals surface area contributed by atoms with Crippen molar-refractivity contribution in [2.45, 2.75) is 84.5 Å². The summed E-state index contributed by atoms with van der Waals surface area (Å²) in [6.07, 6.45) is 13.5. The van der Waals surface area contributed by atoms with Crippen molar-refractivity contribution in [3.63, 3.8) is 0 Å². The molecule has 0 spiro atoms. The molecule has 0 radical (unpaired) electrons. The van der Waals surface area contributed by atoms with Crippen molar-refractivity contribution in [1.82, 2.24) is 0 Å². The lowest BCUT2D eigenvalue weighted by atomic mass is 9.13. The van der Waals surface area contributed by atoms with Gasteiger partial charge in [-0.25, -0.2) is 17.6 Å². The van der Waals surface area contributed by atoms with E-state index in [1.54, 1.807) is 48.5 Å². The first-order chi connectivity index (χ1) is 26.8. The highest BCUT2D eigenvalue weighted by Gasteiger charge is 2.32. The normalized spacial score (nSPS) is 11.2. The van der Waals surface area contributed by atoms with Crippen LogP contribution in [0.5, 0.6) is 0 Å². The van der Waals surface area contributed by atoms with Gasteiger partial charge < -0.3 is 0 Å². The second kappa shape index (κ2) is 21.8. The van der Waals surface area contributed by atoms with Gasteiger partial charge in [-0.05, 0) is 98.1 Å². The molecule has 6 aromatic rings. The van der Waals surface area contributed by atoms with Crippen LogP contribution < -0.4 is 43.1 Å². The van der Waals surface area contributed by atoms with Crippen molar-refractivity contribution >= 4 is 28.0 Å². The summed E-state index contributed by atoms with van der Waals surface area (Å²) in [5.74, 6) is -1.57. The van der Waals surface area contributed by atoms with Crippen molar-refractivity contribution in [2.24, 2.45) is 0 Å². The second-order valence-electron chi connectivity index (χ2n) is 14.5. The second-order valence-corrected chi connectivity index (χ2v) is 17.6. The zero-order valence-corrected chi connectivity index (χ0v) is 34.3. The first-order valence-electron chi connectivity index (χ1n) is 19.8. The van der Waals surface area contributed by atoms with Crippen molar-refractivity contribution in [1.29, 1.82) is 0 Å². The summed E-state index contributed by atoms with van der Waals surface area (Å²) in [5, 5.41) is 0. The molecule has 0 fully saturated rings. The van der Waals surface area contributed by atoms with Crippen molar-refractivity contribution in [3.05, 3.63) is 187 Å². The predicted octanol–water partition coefficient (Wildman–Crippen LogP) is 8.21. The lowest BCUT2D eigenvalue weighted by molar-refractivity contribution is -0.597. The molecule has 55 heavy (non-hydrogen) atoms. The molecule has 6 aromatic carbocycles. The maximum Gasteiger partial charge on any atom is 0.357 e. The molecular formula is C49H52BF4I. The molecule has 0 atom stereocenters. The van der Waals surface area contributed by atoms with Crippen LogP contribution in [-0.2, 0) is 6.42 Å². The van der Waals surface area contributed by atoms with Crippen LogP contribution in [0, 0.1) is 37.3 Å². The molecule has 0 bridgehead atoms. The number of unbranched alkanes of at least 4 members (excludes halogenated alkanes) is 9. The Bertz CT molecular complexity index is 1790. The lowest BCUT2D eigenvalue weighted by Crippen LogP contribution is -3.61. The van der Waals surface area contributed by atoms with Crippen LogP contribution >= 0.6 is 0 Å². The standard InChI is InChI=1S/C25H36I.C24H16BF4/c1-3-4-5-6-7-8-9-10-11-12-13-23-16-20-25(21-17-23)26-24-18-14-22(2)15-19-24;26-21-9-1-17(2-10-21)25(18-3-11-22(27)12-4-18,19-5-13-23(28)14-6-19)20-7-15-24(29)16-8-20/h14-21H,3-13H2,1-2H3;1-16H/q+1;-1. The Labute approximate surface area is 336 Å². The minimum Gasteiger partial charge on any atom is -0.207 e. The number of benzene rings is 6. The van der Waals surface area contributed by atoms with E-state index in [1.165, 1.54) is 137 Å². The third-order valence-electron chi connectivity index (χ3n) is 10.4. The highest BCUT2D eigenvalue weighted by Crippen LogP contribution is 2.14. The van der Waals surface area contributed by atoms with E-state index in [1.807, 2.05) is 0 Å². The van der Waals surface area contributed by atoms with E-state index in [9.17, 15) is 17.6 Å². The zero-order chi connectivity index (χ0) is 38.9. The molecule has 0 N–H and O–H groups in total. The lowest BCUT2D eigenvalue weighted by Gasteiger charge is -2.44. The van der Waals surface area contributed by atoms with E-state index in [4.69, 9.17) is 0 Å². The van der Waals surface area contributed by atoms with Gasteiger partial charge in [-0.1, -0.05) is 143 Å².